The Balaban J connectivity index is 2.59. The monoisotopic (exact) mass is 272 g/mol. The molecule has 104 valence electrons. The van der Waals surface area contributed by atoms with Gasteiger partial charge in [0.25, 0.3) is 0 Å². The molecule has 2 rings (SSSR count). The number of benzene rings is 2. The summed E-state index contributed by atoms with van der Waals surface area (Å²) in [6, 6.07) is 6.34. The van der Waals surface area contributed by atoms with Crippen molar-refractivity contribution in [1.29, 1.82) is 0 Å². The van der Waals surface area contributed by atoms with Crippen LogP contribution in [0.2, 0.25) is 0 Å². The van der Waals surface area contributed by atoms with Crippen molar-refractivity contribution in [2.45, 2.75) is 27.7 Å². The van der Waals surface area contributed by atoms with Gasteiger partial charge in [-0.15, -0.1) is 0 Å². The molecule has 0 aromatic heterocycles. The van der Waals surface area contributed by atoms with Crippen molar-refractivity contribution in [3.8, 4) is 5.75 Å². The third-order valence-corrected chi connectivity index (χ3v) is 3.56. The lowest BCUT2D eigenvalue weighted by atomic mass is 9.92. The van der Waals surface area contributed by atoms with E-state index in [-0.39, 0.29) is 17.3 Å². The molecule has 0 unspecified atom stereocenters. The van der Waals surface area contributed by atoms with Crippen molar-refractivity contribution in [2.75, 3.05) is 0 Å². The molecule has 3 heteroatoms. The highest BCUT2D eigenvalue weighted by Gasteiger charge is 2.19. The minimum atomic E-state index is -0.338. The molecular formula is C17H17FO2. The molecule has 0 amide bonds. The number of carbonyl (C=O) groups is 1. The van der Waals surface area contributed by atoms with E-state index in [4.69, 9.17) is 0 Å². The molecule has 0 saturated carbocycles. The Hall–Kier alpha value is -2.16. The largest absolute Gasteiger partial charge is 0.508 e. The fourth-order valence-electron chi connectivity index (χ4n) is 2.45. The summed E-state index contributed by atoms with van der Waals surface area (Å²) in [6.07, 6.45) is 0. The van der Waals surface area contributed by atoms with E-state index in [1.54, 1.807) is 45.9 Å². The lowest BCUT2D eigenvalue weighted by Gasteiger charge is -2.12. The van der Waals surface area contributed by atoms with E-state index < -0.39 is 0 Å². The van der Waals surface area contributed by atoms with Crippen LogP contribution >= 0.6 is 0 Å². The van der Waals surface area contributed by atoms with Crippen LogP contribution in [0.25, 0.3) is 0 Å². The maximum absolute atomic E-state index is 14.0. The lowest BCUT2D eigenvalue weighted by molar-refractivity contribution is 0.103. The van der Waals surface area contributed by atoms with E-state index >= 15 is 0 Å². The number of rotatable bonds is 2. The first kappa shape index (κ1) is 14.3. The summed E-state index contributed by atoms with van der Waals surface area (Å²) in [5.41, 5.74) is 3.15. The van der Waals surface area contributed by atoms with Crippen molar-refractivity contribution in [1.82, 2.24) is 0 Å². The van der Waals surface area contributed by atoms with Crippen LogP contribution in [0.1, 0.15) is 38.2 Å². The molecule has 0 aliphatic carbocycles. The summed E-state index contributed by atoms with van der Waals surface area (Å²) >= 11 is 0. The number of hydrogen-bond donors (Lipinski definition) is 1. The van der Waals surface area contributed by atoms with Crippen LogP contribution in [0, 0.1) is 33.5 Å². The van der Waals surface area contributed by atoms with E-state index in [0.29, 0.717) is 27.8 Å². The number of ketones is 1. The van der Waals surface area contributed by atoms with Gasteiger partial charge in [0.05, 0.1) is 0 Å². The van der Waals surface area contributed by atoms with Gasteiger partial charge in [-0.2, -0.15) is 0 Å². The molecule has 2 aromatic carbocycles. The van der Waals surface area contributed by atoms with Crippen molar-refractivity contribution in [2.24, 2.45) is 0 Å². The molecule has 0 fully saturated rings. The molecule has 2 aromatic rings. The summed E-state index contributed by atoms with van der Waals surface area (Å²) in [6.45, 7) is 6.84. The highest BCUT2D eigenvalue weighted by atomic mass is 19.1. The summed E-state index contributed by atoms with van der Waals surface area (Å²) in [4.78, 5) is 12.6. The van der Waals surface area contributed by atoms with Gasteiger partial charge < -0.3 is 5.11 Å². The van der Waals surface area contributed by atoms with Gasteiger partial charge in [-0.05, 0) is 68.1 Å². The third kappa shape index (κ3) is 2.31. The second-order valence-corrected chi connectivity index (χ2v) is 5.15. The van der Waals surface area contributed by atoms with Gasteiger partial charge >= 0.3 is 0 Å². The number of phenols is 1. The minimum Gasteiger partial charge on any atom is -0.508 e. The van der Waals surface area contributed by atoms with Crippen LogP contribution < -0.4 is 0 Å². The van der Waals surface area contributed by atoms with Gasteiger partial charge in [-0.3, -0.25) is 4.79 Å². The fourth-order valence-corrected chi connectivity index (χ4v) is 2.45. The lowest BCUT2D eigenvalue weighted by Crippen LogP contribution is -2.09. The minimum absolute atomic E-state index is 0.144. The molecule has 2 nitrogen and oxygen atoms in total. The normalized spacial score (nSPS) is 10.7. The number of carbonyl (C=O) groups excluding carboxylic acids is 1. The van der Waals surface area contributed by atoms with Gasteiger partial charge in [0.15, 0.2) is 5.78 Å². The average Bonchev–Trinajstić information content (AvgIpc) is 2.39. The van der Waals surface area contributed by atoms with E-state index in [0.717, 1.165) is 5.56 Å². The molecule has 0 bridgehead atoms. The number of aromatic hydroxyl groups is 1. The molecule has 0 aliphatic heterocycles. The zero-order valence-corrected chi connectivity index (χ0v) is 12.0. The fraction of sp³-hybridized carbons (Fsp3) is 0.235. The topological polar surface area (TPSA) is 37.3 Å². The standard InChI is InChI=1S/C17H17FO2/c1-9-8-13(5-6-14(9)19)17(20)15-10(2)7-11(3)16(18)12(15)4/h5-8,19H,1-4H3. The molecule has 0 aliphatic rings. The second-order valence-electron chi connectivity index (χ2n) is 5.15. The van der Waals surface area contributed by atoms with Gasteiger partial charge in [-0.1, -0.05) is 6.07 Å². The molecule has 1 N–H and O–H groups in total. The summed E-state index contributed by atoms with van der Waals surface area (Å²) < 4.78 is 14.0. The quantitative estimate of drug-likeness (QED) is 0.839. The maximum Gasteiger partial charge on any atom is 0.193 e. The first-order valence-corrected chi connectivity index (χ1v) is 6.43. The van der Waals surface area contributed by atoms with Crippen molar-refractivity contribution < 1.29 is 14.3 Å². The van der Waals surface area contributed by atoms with Crippen LogP contribution in [-0.4, -0.2) is 10.9 Å². The van der Waals surface area contributed by atoms with Crippen LogP contribution in [0.3, 0.4) is 0 Å². The predicted octanol–water partition coefficient (Wildman–Crippen LogP) is 4.00. The molecular weight excluding hydrogens is 255 g/mol. The Morgan fingerprint density at radius 1 is 1.00 bits per heavy atom. The van der Waals surface area contributed by atoms with Gasteiger partial charge in [-0.25, -0.2) is 4.39 Å². The first-order chi connectivity index (χ1) is 9.32. The predicted molar refractivity (Wildman–Crippen MR) is 76.9 cm³/mol. The second kappa shape index (κ2) is 5.08. The zero-order valence-electron chi connectivity index (χ0n) is 12.0. The molecule has 20 heavy (non-hydrogen) atoms. The Labute approximate surface area is 117 Å². The van der Waals surface area contributed by atoms with Crippen LogP contribution in [-0.2, 0) is 0 Å². The van der Waals surface area contributed by atoms with Gasteiger partial charge in [0.1, 0.15) is 11.6 Å². The molecule has 0 saturated heterocycles. The highest BCUT2D eigenvalue weighted by molar-refractivity contribution is 6.11. The van der Waals surface area contributed by atoms with Crippen molar-refractivity contribution in [3.63, 3.8) is 0 Å². The molecule has 0 spiro atoms. The zero-order chi connectivity index (χ0) is 15.0. The van der Waals surface area contributed by atoms with Crippen LogP contribution in [0.5, 0.6) is 5.75 Å². The smallest absolute Gasteiger partial charge is 0.193 e. The average molecular weight is 272 g/mol. The SMILES string of the molecule is Cc1cc(C(=O)c2c(C)cc(C)c(F)c2C)ccc1O. The van der Waals surface area contributed by atoms with Gasteiger partial charge in [0, 0.05) is 11.1 Å². The number of aryl methyl sites for hydroxylation is 3. The van der Waals surface area contributed by atoms with E-state index in [1.165, 1.54) is 6.07 Å². The summed E-state index contributed by atoms with van der Waals surface area (Å²) in [7, 11) is 0. The Morgan fingerprint density at radius 3 is 2.25 bits per heavy atom. The van der Waals surface area contributed by atoms with Crippen LogP contribution in [0.15, 0.2) is 24.3 Å². The third-order valence-electron chi connectivity index (χ3n) is 3.56. The summed E-state index contributed by atoms with van der Waals surface area (Å²) in [5, 5.41) is 9.51. The maximum atomic E-state index is 14.0. The van der Waals surface area contributed by atoms with Crippen molar-refractivity contribution >= 4 is 5.78 Å². The highest BCUT2D eigenvalue weighted by Crippen LogP contribution is 2.25. The Bertz CT molecular complexity index is 703. The van der Waals surface area contributed by atoms with Crippen molar-refractivity contribution in [3.05, 3.63) is 63.5 Å². The van der Waals surface area contributed by atoms with E-state index in [1.807, 2.05) is 0 Å². The van der Waals surface area contributed by atoms with Gasteiger partial charge in [0.2, 0.25) is 0 Å². The van der Waals surface area contributed by atoms with Crippen LogP contribution in [0.4, 0.5) is 4.39 Å². The number of hydrogen-bond acceptors (Lipinski definition) is 2. The summed E-state index contributed by atoms with van der Waals surface area (Å²) in [5.74, 6) is -0.415. The molecule has 0 atom stereocenters. The molecule has 0 radical (unpaired) electrons. The number of halogens is 1. The van der Waals surface area contributed by atoms with E-state index in [9.17, 15) is 14.3 Å². The van der Waals surface area contributed by atoms with E-state index in [2.05, 4.69) is 0 Å². The Kier molecular flexibility index (Phi) is 3.62. The number of phenolic OH excluding ortho intramolecular Hbond substituents is 1. The first-order valence-electron chi connectivity index (χ1n) is 6.43. The molecule has 0 heterocycles. The Morgan fingerprint density at radius 2 is 1.65 bits per heavy atom.